The van der Waals surface area contributed by atoms with Crippen LogP contribution in [0.2, 0.25) is 0 Å². The minimum absolute atomic E-state index is 0.0163. The van der Waals surface area contributed by atoms with Gasteiger partial charge in [-0.1, -0.05) is 17.8 Å². The molecule has 0 radical (unpaired) electrons. The summed E-state index contributed by atoms with van der Waals surface area (Å²) < 4.78 is 93.9. The Kier molecular flexibility index (Phi) is 56.7. The van der Waals surface area contributed by atoms with Crippen LogP contribution >= 0.6 is 0 Å². The van der Waals surface area contributed by atoms with Crippen molar-refractivity contribution in [3.8, 4) is 37.0 Å². The van der Waals surface area contributed by atoms with Crippen LogP contribution in [0.15, 0.2) is 12.2 Å². The first-order valence-electron chi connectivity index (χ1n) is 30.1. The Balaban J connectivity index is 2.80. The number of hydrogen-bond acceptors (Lipinski definition) is 24. The van der Waals surface area contributed by atoms with Crippen LogP contribution in [-0.4, -0.2) is 309 Å². The van der Waals surface area contributed by atoms with E-state index < -0.39 is 23.3 Å². The Morgan fingerprint density at radius 2 is 0.556 bits per heavy atom. The molecular weight excluding hydrogens is 1190 g/mol. The Bertz CT molecular complexity index is 1870. The van der Waals surface area contributed by atoms with Crippen molar-refractivity contribution in [2.45, 2.75) is 37.6 Å². The van der Waals surface area contributed by atoms with Gasteiger partial charge in [0.05, 0.1) is 205 Å². The number of nitrogens with zero attached hydrogens (tertiary/aromatic N) is 1. The maximum Gasteiger partial charge on any atom is 0.253 e. The molecule has 0 spiro atoms. The van der Waals surface area contributed by atoms with Crippen molar-refractivity contribution in [3.63, 3.8) is 0 Å². The van der Waals surface area contributed by atoms with Gasteiger partial charge in [-0.3, -0.25) is 38.5 Å². The van der Waals surface area contributed by atoms with Crippen LogP contribution in [0.1, 0.15) is 32.1 Å². The van der Waals surface area contributed by atoms with E-state index >= 15 is 0 Å². The predicted octanol–water partition coefficient (Wildman–Crippen LogP) is -2.64. The van der Waals surface area contributed by atoms with Gasteiger partial charge in [0.25, 0.3) is 11.8 Å². The molecule has 1 aliphatic heterocycles. The number of carbonyl (C=O) groups excluding carboxylic acids is 7. The molecule has 0 saturated heterocycles. The van der Waals surface area contributed by atoms with E-state index in [1.54, 1.807) is 0 Å². The van der Waals surface area contributed by atoms with Gasteiger partial charge in [0, 0.05) is 77.0 Å². The number of carbonyl (C=O) groups is 7. The van der Waals surface area contributed by atoms with Crippen molar-refractivity contribution in [2.75, 3.05) is 257 Å². The lowest BCUT2D eigenvalue weighted by Gasteiger charge is -2.34. The standard InChI is InChI=1S/C60H98N6O24/c1-4-19-74-30-38-82-44-47-85-41-35-79-27-15-62-54(68)10-23-88-50-60(51-89-24-11-55(69)63-16-28-80-36-42-86-48-45-83-39-31-75-20-5-2,52-90-25-12-56(70)64-17-29-81-37-43-87-49-46-84-40-32-76-21-6-3)65-57(71)13-22-77-33-34-78-26-14-61-53(67)9-18-66-58(72)7-8-59(66)73/h1-3,7-8H,9-52H2,(H,61,67)(H,62,68)(H,63,69)(H,64,70)(H,65,71). The molecule has 5 N–H and O–H groups in total. The van der Waals surface area contributed by atoms with Gasteiger partial charge in [0.1, 0.15) is 25.4 Å². The van der Waals surface area contributed by atoms with E-state index in [-0.39, 0.29) is 194 Å². The zero-order chi connectivity index (χ0) is 65.3. The van der Waals surface area contributed by atoms with Crippen LogP contribution in [0.25, 0.3) is 0 Å². The van der Waals surface area contributed by atoms with E-state index in [1.807, 2.05) is 0 Å². The quantitative estimate of drug-likeness (QED) is 0.0236. The molecule has 30 nitrogen and oxygen atoms in total. The summed E-state index contributed by atoms with van der Waals surface area (Å²) in [5.74, 6) is 4.44. The van der Waals surface area contributed by atoms with Crippen LogP contribution in [-0.2, 0) is 114 Å². The molecule has 0 aliphatic carbocycles. The third kappa shape index (κ3) is 52.9. The molecule has 0 unspecified atom stereocenters. The topological polar surface area (TPSA) is 340 Å². The molecular formula is C60H98N6O24. The smallest absolute Gasteiger partial charge is 0.253 e. The van der Waals surface area contributed by atoms with Crippen molar-refractivity contribution >= 4 is 41.4 Å². The maximum absolute atomic E-state index is 13.7. The van der Waals surface area contributed by atoms with Gasteiger partial charge in [-0.2, -0.15) is 0 Å². The summed E-state index contributed by atoms with van der Waals surface area (Å²) in [5, 5.41) is 13.9. The summed E-state index contributed by atoms with van der Waals surface area (Å²) in [5.41, 5.74) is -1.39. The molecule has 0 aromatic heterocycles. The second-order valence-electron chi connectivity index (χ2n) is 18.8. The first-order valence-corrected chi connectivity index (χ1v) is 30.1. The number of nitrogens with one attached hydrogen (secondary N) is 5. The van der Waals surface area contributed by atoms with E-state index in [1.165, 1.54) is 0 Å². The number of hydrogen-bond donors (Lipinski definition) is 5. The van der Waals surface area contributed by atoms with Gasteiger partial charge in [-0.25, -0.2) is 0 Å². The predicted molar refractivity (Wildman–Crippen MR) is 322 cm³/mol. The van der Waals surface area contributed by atoms with Crippen LogP contribution in [0.5, 0.6) is 0 Å². The van der Waals surface area contributed by atoms with E-state index in [2.05, 4.69) is 44.3 Å². The van der Waals surface area contributed by atoms with Gasteiger partial charge in [-0.05, 0) is 0 Å². The number of rotatable bonds is 67. The van der Waals surface area contributed by atoms with Gasteiger partial charge < -0.3 is 107 Å². The zero-order valence-electron chi connectivity index (χ0n) is 52.2. The molecule has 30 heteroatoms. The fraction of sp³-hybridized carbons (Fsp3) is 0.750. The lowest BCUT2D eigenvalue weighted by atomic mass is 10.0. The van der Waals surface area contributed by atoms with Crippen LogP contribution in [0, 0.1) is 37.0 Å². The molecule has 512 valence electrons. The van der Waals surface area contributed by atoms with Gasteiger partial charge in [-0.15, -0.1) is 19.3 Å². The molecule has 0 atom stereocenters. The highest BCUT2D eigenvalue weighted by molar-refractivity contribution is 6.13. The molecule has 1 rings (SSSR count). The molecule has 1 heterocycles. The number of amides is 7. The highest BCUT2D eigenvalue weighted by Crippen LogP contribution is 2.12. The largest absolute Gasteiger partial charge is 0.379 e. The average molecular weight is 1290 g/mol. The maximum atomic E-state index is 13.7. The third-order valence-corrected chi connectivity index (χ3v) is 11.4. The number of terminal acetylenes is 3. The van der Waals surface area contributed by atoms with Gasteiger partial charge in [0.2, 0.25) is 29.5 Å². The molecule has 0 aromatic rings. The Labute approximate surface area is 529 Å². The van der Waals surface area contributed by atoms with E-state index in [9.17, 15) is 33.6 Å². The van der Waals surface area contributed by atoms with E-state index in [4.69, 9.17) is 99.8 Å². The Morgan fingerprint density at radius 1 is 0.322 bits per heavy atom. The summed E-state index contributed by atoms with van der Waals surface area (Å²) in [4.78, 5) is 88.6. The molecule has 0 saturated carbocycles. The fourth-order valence-corrected chi connectivity index (χ4v) is 7.02. The van der Waals surface area contributed by atoms with E-state index in [0.717, 1.165) is 17.1 Å². The summed E-state index contributed by atoms with van der Waals surface area (Å²) >= 11 is 0. The van der Waals surface area contributed by atoms with Crippen molar-refractivity contribution in [3.05, 3.63) is 12.2 Å². The second kappa shape index (κ2) is 62.1. The Hall–Kier alpha value is -5.77. The van der Waals surface area contributed by atoms with Crippen molar-refractivity contribution in [1.29, 1.82) is 0 Å². The fourth-order valence-electron chi connectivity index (χ4n) is 7.02. The molecule has 0 bridgehead atoms. The first kappa shape index (κ1) is 82.2. The number of ether oxygens (including phenoxy) is 17. The lowest BCUT2D eigenvalue weighted by Crippen LogP contribution is -2.59. The Morgan fingerprint density at radius 3 is 0.844 bits per heavy atom. The van der Waals surface area contributed by atoms with Gasteiger partial charge >= 0.3 is 0 Å². The first-order chi connectivity index (χ1) is 44.1. The van der Waals surface area contributed by atoms with Crippen LogP contribution in [0.3, 0.4) is 0 Å². The minimum atomic E-state index is -1.39. The highest BCUT2D eigenvalue weighted by atomic mass is 16.6. The highest BCUT2D eigenvalue weighted by Gasteiger charge is 2.34. The number of imide groups is 1. The molecule has 1 aliphatic rings. The summed E-state index contributed by atoms with van der Waals surface area (Å²) in [6, 6.07) is 0. The normalized spacial score (nSPS) is 12.0. The van der Waals surface area contributed by atoms with Crippen molar-refractivity contribution in [1.82, 2.24) is 31.5 Å². The van der Waals surface area contributed by atoms with Crippen LogP contribution in [0.4, 0.5) is 0 Å². The SMILES string of the molecule is C#CCOCCOCCOCCOCCNC(=O)CCOCC(COCCC(=O)NCCOCCOCCOCCOCC#C)(COCCC(=O)NCCOCCOCCOCCOCC#C)NC(=O)CCOCCOCCNC(=O)CCN1C(=O)C=CC1=O. The molecule has 7 amide bonds. The summed E-state index contributed by atoms with van der Waals surface area (Å²) in [6.45, 7) is 8.50. The molecule has 90 heavy (non-hydrogen) atoms. The van der Waals surface area contributed by atoms with Crippen molar-refractivity contribution < 1.29 is 114 Å². The average Bonchev–Trinajstić information content (AvgIpc) is 3.04. The monoisotopic (exact) mass is 1290 g/mol. The third-order valence-electron chi connectivity index (χ3n) is 11.4. The molecule has 0 aromatic carbocycles. The minimum Gasteiger partial charge on any atom is -0.379 e. The second-order valence-corrected chi connectivity index (χ2v) is 18.8. The van der Waals surface area contributed by atoms with E-state index in [0.29, 0.717) is 119 Å². The van der Waals surface area contributed by atoms with Gasteiger partial charge in [0.15, 0.2) is 0 Å². The van der Waals surface area contributed by atoms with Crippen molar-refractivity contribution in [2.24, 2.45) is 0 Å². The molecule has 0 fully saturated rings. The summed E-state index contributed by atoms with van der Waals surface area (Å²) in [6.07, 6.45) is 17.4. The van der Waals surface area contributed by atoms with Crippen LogP contribution < -0.4 is 26.6 Å². The summed E-state index contributed by atoms with van der Waals surface area (Å²) in [7, 11) is 0. The zero-order valence-corrected chi connectivity index (χ0v) is 52.2. The lowest BCUT2D eigenvalue weighted by molar-refractivity contribution is -0.137.